The highest BCUT2D eigenvalue weighted by Crippen LogP contribution is 2.17. The Hall–Kier alpha value is -2.61. The second-order valence-electron chi connectivity index (χ2n) is 6.39. The van der Waals surface area contributed by atoms with Crippen molar-refractivity contribution in [2.24, 2.45) is 11.7 Å². The summed E-state index contributed by atoms with van der Waals surface area (Å²) in [5.74, 6) is -0.496. The van der Waals surface area contributed by atoms with Crippen LogP contribution >= 0.6 is 0 Å². The number of hydrogen-bond donors (Lipinski definition) is 4. The molecule has 1 saturated heterocycles. The number of nitrogens with zero attached hydrogens (tertiary/aromatic N) is 1. The number of amides is 4. The van der Waals surface area contributed by atoms with E-state index in [0.29, 0.717) is 31.9 Å². The van der Waals surface area contributed by atoms with Gasteiger partial charge in [-0.25, -0.2) is 4.79 Å². The third-order valence-electron chi connectivity index (χ3n) is 4.30. The van der Waals surface area contributed by atoms with E-state index in [4.69, 9.17) is 5.73 Å². The molecule has 0 radical (unpaired) electrons. The molecule has 1 aliphatic rings. The molecule has 5 N–H and O–H groups in total. The van der Waals surface area contributed by atoms with Crippen LogP contribution in [0.25, 0.3) is 0 Å². The number of nitrogens with one attached hydrogen (secondary N) is 3. The number of carbonyl (C=O) groups excluding carboxylic acids is 3. The Bertz CT molecular complexity index is 623. The first-order valence-corrected chi connectivity index (χ1v) is 8.90. The number of likely N-dealkylation sites (tertiary alicyclic amines) is 1. The lowest BCUT2D eigenvalue weighted by Gasteiger charge is -2.33. The van der Waals surface area contributed by atoms with Gasteiger partial charge in [0.1, 0.15) is 6.04 Å². The molecule has 0 spiro atoms. The van der Waals surface area contributed by atoms with Crippen molar-refractivity contribution in [3.05, 3.63) is 30.3 Å². The molecule has 2 rings (SSSR count). The van der Waals surface area contributed by atoms with Crippen LogP contribution in [-0.2, 0) is 9.59 Å². The fourth-order valence-electron chi connectivity index (χ4n) is 2.95. The molecule has 142 valence electrons. The van der Waals surface area contributed by atoms with Crippen LogP contribution in [0.2, 0.25) is 0 Å². The van der Waals surface area contributed by atoms with Gasteiger partial charge in [0.25, 0.3) is 0 Å². The average molecular weight is 361 g/mol. The summed E-state index contributed by atoms with van der Waals surface area (Å²) in [5.41, 5.74) is 6.05. The number of hydrogen-bond acceptors (Lipinski definition) is 4. The minimum atomic E-state index is -0.676. The quantitative estimate of drug-likeness (QED) is 0.591. The predicted octanol–water partition coefficient (Wildman–Crippen LogP) is 0.510. The van der Waals surface area contributed by atoms with E-state index in [1.54, 1.807) is 24.0 Å². The molecule has 1 aliphatic heterocycles. The third-order valence-corrected chi connectivity index (χ3v) is 4.30. The average Bonchev–Trinajstić information content (AvgIpc) is 2.66. The molecule has 0 aliphatic carbocycles. The third kappa shape index (κ3) is 5.73. The first-order chi connectivity index (χ1) is 12.5. The van der Waals surface area contributed by atoms with Crippen LogP contribution in [0, 0.1) is 5.92 Å². The molecule has 1 fully saturated rings. The van der Waals surface area contributed by atoms with Gasteiger partial charge in [-0.3, -0.25) is 9.59 Å². The highest BCUT2D eigenvalue weighted by molar-refractivity contribution is 5.93. The van der Waals surface area contributed by atoms with Crippen LogP contribution in [0.1, 0.15) is 19.8 Å². The lowest BCUT2D eigenvalue weighted by molar-refractivity contribution is -0.137. The van der Waals surface area contributed by atoms with Gasteiger partial charge in [0.2, 0.25) is 11.8 Å². The summed E-state index contributed by atoms with van der Waals surface area (Å²) in [6.07, 6.45) is 1.51. The topological polar surface area (TPSA) is 117 Å². The van der Waals surface area contributed by atoms with Gasteiger partial charge in [0.05, 0.1) is 5.92 Å². The molecule has 1 heterocycles. The molecule has 2 atom stereocenters. The zero-order chi connectivity index (χ0) is 18.9. The number of anilines is 1. The number of para-hydroxylation sites is 1. The smallest absolute Gasteiger partial charge is 0.319 e. The summed E-state index contributed by atoms with van der Waals surface area (Å²) >= 11 is 0. The monoisotopic (exact) mass is 361 g/mol. The molecule has 1 aromatic carbocycles. The van der Waals surface area contributed by atoms with Gasteiger partial charge in [0.15, 0.2) is 0 Å². The van der Waals surface area contributed by atoms with Crippen molar-refractivity contribution in [3.8, 4) is 0 Å². The second kappa shape index (κ2) is 9.76. The van der Waals surface area contributed by atoms with Crippen molar-refractivity contribution in [2.75, 3.05) is 31.5 Å². The number of benzene rings is 1. The van der Waals surface area contributed by atoms with Crippen molar-refractivity contribution in [3.63, 3.8) is 0 Å². The van der Waals surface area contributed by atoms with Crippen LogP contribution in [0.5, 0.6) is 0 Å². The van der Waals surface area contributed by atoms with Crippen LogP contribution in [-0.4, -0.2) is 55.0 Å². The lowest BCUT2D eigenvalue weighted by atomic mass is 9.96. The van der Waals surface area contributed by atoms with E-state index in [9.17, 15) is 14.4 Å². The maximum Gasteiger partial charge on any atom is 0.319 e. The molecule has 26 heavy (non-hydrogen) atoms. The van der Waals surface area contributed by atoms with Crippen molar-refractivity contribution >= 4 is 23.5 Å². The van der Waals surface area contributed by atoms with Gasteiger partial charge in [-0.2, -0.15) is 0 Å². The summed E-state index contributed by atoms with van der Waals surface area (Å²) in [5, 5.41) is 8.10. The van der Waals surface area contributed by atoms with Crippen molar-refractivity contribution in [2.45, 2.75) is 25.8 Å². The fraction of sp³-hybridized carbons (Fsp3) is 0.500. The minimum Gasteiger partial charge on any atom is -0.355 e. The maximum absolute atomic E-state index is 12.6. The number of rotatable bonds is 6. The Morgan fingerprint density at radius 1 is 1.27 bits per heavy atom. The summed E-state index contributed by atoms with van der Waals surface area (Å²) in [6, 6.07) is 7.89. The molecule has 0 saturated carbocycles. The molecule has 8 heteroatoms. The molecule has 1 aromatic rings. The normalized spacial score (nSPS) is 17.9. The van der Waals surface area contributed by atoms with Gasteiger partial charge in [0, 0.05) is 31.9 Å². The summed E-state index contributed by atoms with van der Waals surface area (Å²) in [7, 11) is 0. The van der Waals surface area contributed by atoms with E-state index in [0.717, 1.165) is 12.8 Å². The molecular weight excluding hydrogens is 334 g/mol. The molecular formula is C18H27N5O3. The summed E-state index contributed by atoms with van der Waals surface area (Å²) < 4.78 is 0. The predicted molar refractivity (Wildman–Crippen MR) is 99.4 cm³/mol. The first kappa shape index (κ1) is 19.7. The van der Waals surface area contributed by atoms with E-state index in [-0.39, 0.29) is 17.7 Å². The largest absolute Gasteiger partial charge is 0.355 e. The van der Waals surface area contributed by atoms with E-state index < -0.39 is 12.1 Å². The van der Waals surface area contributed by atoms with E-state index >= 15 is 0 Å². The Morgan fingerprint density at radius 2 is 2.00 bits per heavy atom. The number of nitrogens with two attached hydrogens (primary N) is 1. The SMILES string of the molecule is CC(NC(=O)Nc1ccccc1)C(=O)N1CCCC(C(=O)NCCN)C1. The van der Waals surface area contributed by atoms with Crippen molar-refractivity contribution in [1.82, 2.24) is 15.5 Å². The summed E-state index contributed by atoms with van der Waals surface area (Å²) in [4.78, 5) is 38.4. The Morgan fingerprint density at radius 3 is 2.69 bits per heavy atom. The minimum absolute atomic E-state index is 0.0737. The van der Waals surface area contributed by atoms with Gasteiger partial charge in [-0.1, -0.05) is 18.2 Å². The molecule has 8 nitrogen and oxygen atoms in total. The summed E-state index contributed by atoms with van der Waals surface area (Å²) in [6.45, 7) is 3.41. The molecule has 2 unspecified atom stereocenters. The number of urea groups is 1. The molecule has 4 amide bonds. The fourth-order valence-corrected chi connectivity index (χ4v) is 2.95. The van der Waals surface area contributed by atoms with Crippen molar-refractivity contribution < 1.29 is 14.4 Å². The van der Waals surface area contributed by atoms with E-state index in [2.05, 4.69) is 16.0 Å². The Kier molecular flexibility index (Phi) is 7.40. The van der Waals surface area contributed by atoms with Gasteiger partial charge in [-0.05, 0) is 31.9 Å². The highest BCUT2D eigenvalue weighted by Gasteiger charge is 2.30. The Balaban J connectivity index is 1.84. The van der Waals surface area contributed by atoms with Crippen LogP contribution in [0.4, 0.5) is 10.5 Å². The van der Waals surface area contributed by atoms with Crippen LogP contribution in [0.3, 0.4) is 0 Å². The molecule has 0 bridgehead atoms. The van der Waals surface area contributed by atoms with Gasteiger partial charge in [-0.15, -0.1) is 0 Å². The number of piperidine rings is 1. The van der Waals surface area contributed by atoms with Gasteiger partial charge >= 0.3 is 6.03 Å². The standard InChI is InChI=1S/C18H27N5O3/c1-13(21-18(26)22-15-7-3-2-4-8-15)17(25)23-11-5-6-14(12-23)16(24)20-10-9-19/h2-4,7-8,13-14H,5-6,9-12,19H2,1H3,(H,20,24)(H2,21,22,26). The van der Waals surface area contributed by atoms with Gasteiger partial charge < -0.3 is 26.6 Å². The second-order valence-corrected chi connectivity index (χ2v) is 6.39. The zero-order valence-corrected chi connectivity index (χ0v) is 15.0. The van der Waals surface area contributed by atoms with Crippen molar-refractivity contribution in [1.29, 1.82) is 0 Å². The first-order valence-electron chi connectivity index (χ1n) is 8.90. The molecule has 0 aromatic heterocycles. The highest BCUT2D eigenvalue weighted by atomic mass is 16.2. The van der Waals surface area contributed by atoms with E-state index in [1.165, 1.54) is 0 Å². The van der Waals surface area contributed by atoms with Crippen LogP contribution in [0.15, 0.2) is 30.3 Å². The van der Waals surface area contributed by atoms with Crippen LogP contribution < -0.4 is 21.7 Å². The maximum atomic E-state index is 12.6. The zero-order valence-electron chi connectivity index (χ0n) is 15.0. The van der Waals surface area contributed by atoms with E-state index in [1.807, 2.05) is 18.2 Å². The lowest BCUT2D eigenvalue weighted by Crippen LogP contribution is -2.52. The number of carbonyl (C=O) groups is 3. The Labute approximate surface area is 153 Å².